The van der Waals surface area contributed by atoms with Crippen molar-refractivity contribution in [1.29, 1.82) is 0 Å². The first-order valence-electron chi connectivity index (χ1n) is 9.96. The quantitative estimate of drug-likeness (QED) is 0.546. The summed E-state index contributed by atoms with van der Waals surface area (Å²) in [6, 6.07) is 6.01. The van der Waals surface area contributed by atoms with Gasteiger partial charge in [0, 0.05) is 31.0 Å². The standard InChI is InChI=1S/C23H28ClNO5/c1-15-9-17(11-19(24)10-15)13-25(14-22-16(2)29-23(26)30-22)8-7-18-12-20(27-3)5-6-21(18)28-4/h9-12H,5-8,13-14H2,1-4H3. The molecule has 0 bridgehead atoms. The van der Waals surface area contributed by atoms with Crippen LogP contribution in [0.4, 0.5) is 0 Å². The Morgan fingerprint density at radius 2 is 1.87 bits per heavy atom. The Morgan fingerprint density at radius 1 is 1.07 bits per heavy atom. The molecule has 6 nitrogen and oxygen atoms in total. The van der Waals surface area contributed by atoms with Gasteiger partial charge in [0.2, 0.25) is 0 Å². The molecule has 0 atom stereocenters. The summed E-state index contributed by atoms with van der Waals surface area (Å²) in [7, 11) is 3.40. The topological polar surface area (TPSA) is 65.0 Å². The summed E-state index contributed by atoms with van der Waals surface area (Å²) in [6.07, 6.45) is 4.51. The zero-order valence-corrected chi connectivity index (χ0v) is 18.7. The summed E-state index contributed by atoms with van der Waals surface area (Å²) >= 11 is 6.25. The number of hydrogen-bond acceptors (Lipinski definition) is 6. The van der Waals surface area contributed by atoms with Crippen LogP contribution in [-0.2, 0) is 22.6 Å². The molecule has 1 heterocycles. The second-order valence-corrected chi connectivity index (χ2v) is 7.93. The molecule has 0 radical (unpaired) electrons. The summed E-state index contributed by atoms with van der Waals surface area (Å²) in [5.74, 6) is 2.31. The zero-order valence-electron chi connectivity index (χ0n) is 17.9. The van der Waals surface area contributed by atoms with Crippen LogP contribution in [0.5, 0.6) is 0 Å². The number of methoxy groups -OCH3 is 2. The van der Waals surface area contributed by atoms with E-state index in [-0.39, 0.29) is 0 Å². The SMILES string of the molecule is COC1=CC(CCN(Cc2cc(C)cc(Cl)c2)Cc2oc(=O)oc2C)=C(OC)CC1. The van der Waals surface area contributed by atoms with Crippen molar-refractivity contribution in [3.8, 4) is 0 Å². The summed E-state index contributed by atoms with van der Waals surface area (Å²) in [4.78, 5) is 13.7. The van der Waals surface area contributed by atoms with E-state index in [2.05, 4.69) is 17.0 Å². The second kappa shape index (κ2) is 10.0. The smallest absolute Gasteiger partial charge is 0.501 e. The van der Waals surface area contributed by atoms with Crippen molar-refractivity contribution in [2.24, 2.45) is 0 Å². The highest BCUT2D eigenvalue weighted by atomic mass is 35.5. The number of halogens is 1. The molecule has 0 saturated carbocycles. The minimum absolute atomic E-state index is 0.458. The Balaban J connectivity index is 1.81. The first-order chi connectivity index (χ1) is 14.4. The average molecular weight is 434 g/mol. The fourth-order valence-electron chi connectivity index (χ4n) is 3.73. The van der Waals surface area contributed by atoms with Crippen LogP contribution in [0.2, 0.25) is 5.02 Å². The fourth-order valence-corrected chi connectivity index (χ4v) is 4.04. The van der Waals surface area contributed by atoms with Crippen LogP contribution < -0.4 is 5.82 Å². The molecule has 1 aromatic heterocycles. The number of rotatable bonds is 9. The Hall–Kier alpha value is -2.44. The Morgan fingerprint density at radius 3 is 2.50 bits per heavy atom. The van der Waals surface area contributed by atoms with Crippen molar-refractivity contribution in [2.75, 3.05) is 20.8 Å². The van der Waals surface area contributed by atoms with Gasteiger partial charge in [-0.1, -0.05) is 17.7 Å². The predicted molar refractivity (Wildman–Crippen MR) is 115 cm³/mol. The van der Waals surface area contributed by atoms with Gasteiger partial charge in [0.05, 0.1) is 32.3 Å². The maximum absolute atomic E-state index is 11.5. The van der Waals surface area contributed by atoms with E-state index in [1.165, 1.54) is 0 Å². The van der Waals surface area contributed by atoms with E-state index in [4.69, 9.17) is 29.9 Å². The van der Waals surface area contributed by atoms with Gasteiger partial charge in [-0.2, -0.15) is 0 Å². The molecule has 162 valence electrons. The maximum atomic E-state index is 11.5. The van der Waals surface area contributed by atoms with E-state index in [0.717, 1.165) is 54.0 Å². The number of ether oxygens (including phenoxy) is 2. The Kier molecular flexibility index (Phi) is 7.45. The summed E-state index contributed by atoms with van der Waals surface area (Å²) in [5.41, 5.74) is 3.33. The van der Waals surface area contributed by atoms with Crippen molar-refractivity contribution in [3.63, 3.8) is 0 Å². The number of allylic oxidation sites excluding steroid dienone is 3. The van der Waals surface area contributed by atoms with E-state index >= 15 is 0 Å². The molecule has 0 spiro atoms. The highest BCUT2D eigenvalue weighted by Crippen LogP contribution is 2.27. The lowest BCUT2D eigenvalue weighted by molar-refractivity contribution is 0.223. The van der Waals surface area contributed by atoms with E-state index in [9.17, 15) is 4.79 Å². The Labute approximate surface area is 181 Å². The number of benzene rings is 1. The molecule has 3 rings (SSSR count). The third kappa shape index (κ3) is 5.80. The highest BCUT2D eigenvalue weighted by Gasteiger charge is 2.18. The van der Waals surface area contributed by atoms with Crippen molar-refractivity contribution in [2.45, 2.75) is 46.2 Å². The molecule has 0 fully saturated rings. The van der Waals surface area contributed by atoms with Crippen LogP contribution >= 0.6 is 11.6 Å². The molecule has 1 aliphatic rings. The molecule has 0 unspecified atom stereocenters. The van der Waals surface area contributed by atoms with Gasteiger partial charge in [-0.05, 0) is 55.2 Å². The van der Waals surface area contributed by atoms with Crippen LogP contribution in [0.1, 0.15) is 41.9 Å². The van der Waals surface area contributed by atoms with Gasteiger partial charge in [-0.15, -0.1) is 0 Å². The normalized spacial score (nSPS) is 14.3. The number of aryl methyl sites for hydroxylation is 2. The monoisotopic (exact) mass is 433 g/mol. The van der Waals surface area contributed by atoms with Crippen LogP contribution in [-0.4, -0.2) is 25.7 Å². The molecule has 7 heteroatoms. The van der Waals surface area contributed by atoms with Crippen molar-refractivity contribution in [1.82, 2.24) is 4.90 Å². The van der Waals surface area contributed by atoms with Crippen molar-refractivity contribution in [3.05, 3.63) is 79.7 Å². The molecule has 30 heavy (non-hydrogen) atoms. The van der Waals surface area contributed by atoms with E-state index < -0.39 is 5.82 Å². The fraction of sp³-hybridized carbons (Fsp3) is 0.435. The molecule has 0 N–H and O–H groups in total. The van der Waals surface area contributed by atoms with Crippen molar-refractivity contribution < 1.29 is 18.3 Å². The van der Waals surface area contributed by atoms with Gasteiger partial charge in [-0.3, -0.25) is 4.90 Å². The third-order valence-electron chi connectivity index (χ3n) is 5.21. The number of nitrogens with zero attached hydrogens (tertiary/aromatic N) is 1. The molecule has 1 aromatic carbocycles. The minimum Gasteiger partial charge on any atom is -0.501 e. The molecule has 0 saturated heterocycles. The lowest BCUT2D eigenvalue weighted by Gasteiger charge is -2.24. The van der Waals surface area contributed by atoms with Gasteiger partial charge in [0.15, 0.2) is 5.76 Å². The number of hydrogen-bond donors (Lipinski definition) is 0. The maximum Gasteiger partial charge on any atom is 0.519 e. The van der Waals surface area contributed by atoms with Crippen LogP contribution in [0.3, 0.4) is 0 Å². The van der Waals surface area contributed by atoms with Gasteiger partial charge in [0.25, 0.3) is 0 Å². The van der Waals surface area contributed by atoms with Gasteiger partial charge in [0.1, 0.15) is 5.76 Å². The van der Waals surface area contributed by atoms with E-state index in [0.29, 0.717) is 29.6 Å². The largest absolute Gasteiger partial charge is 0.519 e. The molecule has 1 aliphatic carbocycles. The van der Waals surface area contributed by atoms with E-state index in [1.807, 2.05) is 19.1 Å². The molecular weight excluding hydrogens is 406 g/mol. The summed E-state index contributed by atoms with van der Waals surface area (Å²) in [6.45, 7) is 5.61. The molecule has 2 aromatic rings. The lowest BCUT2D eigenvalue weighted by atomic mass is 10.00. The van der Waals surface area contributed by atoms with Gasteiger partial charge in [-0.25, -0.2) is 4.79 Å². The first kappa shape index (κ1) is 22.2. The minimum atomic E-state index is -0.676. The van der Waals surface area contributed by atoms with Gasteiger partial charge >= 0.3 is 5.82 Å². The summed E-state index contributed by atoms with van der Waals surface area (Å²) < 4.78 is 21.3. The zero-order chi connectivity index (χ0) is 21.7. The van der Waals surface area contributed by atoms with E-state index in [1.54, 1.807) is 21.1 Å². The van der Waals surface area contributed by atoms with Crippen LogP contribution in [0, 0.1) is 13.8 Å². The lowest BCUT2D eigenvalue weighted by Crippen LogP contribution is -2.25. The molecule has 0 amide bonds. The van der Waals surface area contributed by atoms with Gasteiger partial charge < -0.3 is 18.3 Å². The van der Waals surface area contributed by atoms with Crippen LogP contribution in [0.15, 0.2) is 55.0 Å². The highest BCUT2D eigenvalue weighted by molar-refractivity contribution is 6.30. The first-order valence-corrected chi connectivity index (χ1v) is 10.3. The Bertz CT molecular complexity index is 981. The average Bonchev–Trinajstić information content (AvgIpc) is 3.01. The van der Waals surface area contributed by atoms with Crippen LogP contribution in [0.25, 0.3) is 0 Å². The molecule has 0 aliphatic heterocycles. The second-order valence-electron chi connectivity index (χ2n) is 7.50. The summed E-state index contributed by atoms with van der Waals surface area (Å²) in [5, 5.41) is 0.709. The van der Waals surface area contributed by atoms with Crippen molar-refractivity contribution >= 4 is 11.6 Å². The predicted octanol–water partition coefficient (Wildman–Crippen LogP) is 5.12. The molecular formula is C23H28ClNO5. The third-order valence-corrected chi connectivity index (χ3v) is 5.43.